The molecule has 0 radical (unpaired) electrons. The van der Waals surface area contributed by atoms with E-state index in [1.807, 2.05) is 0 Å². The molecule has 0 saturated carbocycles. The molecule has 0 aromatic rings. The Morgan fingerprint density at radius 2 is 2.00 bits per heavy atom. The van der Waals surface area contributed by atoms with Crippen LogP contribution in [0.1, 0.15) is 53.4 Å². The van der Waals surface area contributed by atoms with E-state index in [2.05, 4.69) is 37.9 Å². The van der Waals surface area contributed by atoms with E-state index in [9.17, 15) is 0 Å². The minimum Gasteiger partial charge on any atom is -0.383 e. The van der Waals surface area contributed by atoms with Crippen LogP contribution in [0.25, 0.3) is 0 Å². The summed E-state index contributed by atoms with van der Waals surface area (Å²) in [5, 5.41) is 3.81. The largest absolute Gasteiger partial charge is 0.383 e. The highest BCUT2D eigenvalue weighted by Crippen LogP contribution is 2.26. The molecule has 0 bridgehead atoms. The van der Waals surface area contributed by atoms with E-state index in [0.717, 1.165) is 19.7 Å². The molecule has 1 heterocycles. The number of ether oxygens (including phenoxy) is 1. The predicted molar refractivity (Wildman–Crippen MR) is 78.1 cm³/mol. The number of hydrogen-bond donors (Lipinski definition) is 1. The van der Waals surface area contributed by atoms with Gasteiger partial charge in [0, 0.05) is 37.8 Å². The van der Waals surface area contributed by atoms with Crippen LogP contribution in [0.5, 0.6) is 0 Å². The molecule has 2 atom stereocenters. The lowest BCUT2D eigenvalue weighted by molar-refractivity contribution is 0.00866. The summed E-state index contributed by atoms with van der Waals surface area (Å²) in [5.41, 5.74) is 0.312. The summed E-state index contributed by atoms with van der Waals surface area (Å²) < 4.78 is 5.36. The molecule has 0 aromatic heterocycles. The Morgan fingerprint density at radius 1 is 1.33 bits per heavy atom. The van der Waals surface area contributed by atoms with Gasteiger partial charge in [-0.15, -0.1) is 0 Å². The third kappa shape index (κ3) is 3.69. The number of nitrogens with zero attached hydrogens (tertiary/aromatic N) is 1. The van der Waals surface area contributed by atoms with Crippen LogP contribution < -0.4 is 5.32 Å². The first-order chi connectivity index (χ1) is 8.62. The van der Waals surface area contributed by atoms with Gasteiger partial charge in [-0.25, -0.2) is 0 Å². The summed E-state index contributed by atoms with van der Waals surface area (Å²) in [6.45, 7) is 12.3. The molecule has 1 rings (SSSR count). The van der Waals surface area contributed by atoms with Crippen LogP contribution in [0.2, 0.25) is 0 Å². The summed E-state index contributed by atoms with van der Waals surface area (Å²) in [7, 11) is 1.81. The second kappa shape index (κ2) is 7.46. The Labute approximate surface area is 113 Å². The Balaban J connectivity index is 2.75. The average Bonchev–Trinajstić information content (AvgIpc) is 2.40. The van der Waals surface area contributed by atoms with Gasteiger partial charge >= 0.3 is 0 Å². The maximum absolute atomic E-state index is 5.36. The fraction of sp³-hybridized carbons (Fsp3) is 1.00. The average molecular weight is 256 g/mol. The zero-order valence-electron chi connectivity index (χ0n) is 13.0. The fourth-order valence-electron chi connectivity index (χ4n) is 3.16. The lowest BCUT2D eigenvalue weighted by Crippen LogP contribution is -2.65. The highest BCUT2D eigenvalue weighted by atomic mass is 16.5. The first kappa shape index (κ1) is 15.9. The van der Waals surface area contributed by atoms with Crippen LogP contribution in [0, 0.1) is 0 Å². The topological polar surface area (TPSA) is 24.5 Å². The van der Waals surface area contributed by atoms with Crippen LogP contribution >= 0.6 is 0 Å². The van der Waals surface area contributed by atoms with E-state index >= 15 is 0 Å². The van der Waals surface area contributed by atoms with Crippen LogP contribution in [-0.2, 0) is 4.74 Å². The van der Waals surface area contributed by atoms with Gasteiger partial charge in [0.2, 0.25) is 0 Å². The third-order valence-corrected chi connectivity index (χ3v) is 4.62. The monoisotopic (exact) mass is 256 g/mol. The Bertz CT molecular complexity index is 229. The van der Waals surface area contributed by atoms with E-state index in [4.69, 9.17) is 4.74 Å². The van der Waals surface area contributed by atoms with E-state index in [1.165, 1.54) is 25.7 Å². The first-order valence-corrected chi connectivity index (χ1v) is 7.62. The standard InChI is InChI=1S/C15H32N2O/c1-6-9-14-10-16-15(7-2,8-3)12-17(14)13(4)11-18-5/h13-14,16H,6-12H2,1-5H3. The Hall–Kier alpha value is -0.120. The van der Waals surface area contributed by atoms with Crippen molar-refractivity contribution in [1.29, 1.82) is 0 Å². The lowest BCUT2D eigenvalue weighted by Gasteiger charge is -2.49. The molecule has 1 fully saturated rings. The molecule has 0 amide bonds. The van der Waals surface area contributed by atoms with Crippen LogP contribution in [0.15, 0.2) is 0 Å². The molecule has 1 aliphatic rings. The molecule has 2 unspecified atom stereocenters. The molecule has 0 spiro atoms. The second-order valence-corrected chi connectivity index (χ2v) is 5.79. The smallest absolute Gasteiger partial charge is 0.0615 e. The Kier molecular flexibility index (Phi) is 6.61. The quantitative estimate of drug-likeness (QED) is 0.758. The molecule has 0 aromatic carbocycles. The molecule has 18 heavy (non-hydrogen) atoms. The fourth-order valence-corrected chi connectivity index (χ4v) is 3.16. The molecule has 108 valence electrons. The summed E-state index contributed by atoms with van der Waals surface area (Å²) in [5.74, 6) is 0. The maximum atomic E-state index is 5.36. The summed E-state index contributed by atoms with van der Waals surface area (Å²) in [6.07, 6.45) is 4.95. The van der Waals surface area contributed by atoms with Gasteiger partial charge in [0.05, 0.1) is 6.61 Å². The van der Waals surface area contributed by atoms with Crippen molar-refractivity contribution in [2.75, 3.05) is 26.8 Å². The van der Waals surface area contributed by atoms with Gasteiger partial charge in [0.25, 0.3) is 0 Å². The first-order valence-electron chi connectivity index (χ1n) is 7.62. The molecule has 0 aliphatic carbocycles. The number of piperazine rings is 1. The van der Waals surface area contributed by atoms with E-state index < -0.39 is 0 Å². The van der Waals surface area contributed by atoms with Crippen LogP contribution in [0.4, 0.5) is 0 Å². The SMILES string of the molecule is CCCC1CNC(CC)(CC)CN1C(C)COC. The van der Waals surface area contributed by atoms with E-state index in [1.54, 1.807) is 7.11 Å². The van der Waals surface area contributed by atoms with Crippen molar-refractivity contribution in [3.05, 3.63) is 0 Å². The minimum absolute atomic E-state index is 0.312. The number of rotatable bonds is 7. The number of methoxy groups -OCH3 is 1. The summed E-state index contributed by atoms with van der Waals surface area (Å²) in [4.78, 5) is 2.68. The molecular formula is C15H32N2O. The van der Waals surface area contributed by atoms with Gasteiger partial charge in [0.1, 0.15) is 0 Å². The molecule has 1 saturated heterocycles. The lowest BCUT2D eigenvalue weighted by atomic mass is 9.87. The van der Waals surface area contributed by atoms with Crippen molar-refractivity contribution in [3.63, 3.8) is 0 Å². The maximum Gasteiger partial charge on any atom is 0.0615 e. The van der Waals surface area contributed by atoms with Crippen LogP contribution in [0.3, 0.4) is 0 Å². The summed E-state index contributed by atoms with van der Waals surface area (Å²) >= 11 is 0. The Morgan fingerprint density at radius 3 is 2.50 bits per heavy atom. The van der Waals surface area contributed by atoms with E-state index in [-0.39, 0.29) is 0 Å². The normalized spacial score (nSPS) is 26.2. The van der Waals surface area contributed by atoms with Gasteiger partial charge < -0.3 is 10.1 Å². The molecule has 3 nitrogen and oxygen atoms in total. The highest BCUT2D eigenvalue weighted by molar-refractivity contribution is 4.98. The van der Waals surface area contributed by atoms with Crippen molar-refractivity contribution in [1.82, 2.24) is 10.2 Å². The van der Waals surface area contributed by atoms with Crippen molar-refractivity contribution in [2.45, 2.75) is 71.0 Å². The number of hydrogen-bond acceptors (Lipinski definition) is 3. The van der Waals surface area contributed by atoms with E-state index in [0.29, 0.717) is 17.6 Å². The van der Waals surface area contributed by atoms with Crippen molar-refractivity contribution in [2.24, 2.45) is 0 Å². The molecular weight excluding hydrogens is 224 g/mol. The molecule has 3 heteroatoms. The third-order valence-electron chi connectivity index (χ3n) is 4.62. The second-order valence-electron chi connectivity index (χ2n) is 5.79. The zero-order valence-corrected chi connectivity index (χ0v) is 13.0. The van der Waals surface area contributed by atoms with Gasteiger partial charge in [-0.05, 0) is 26.2 Å². The van der Waals surface area contributed by atoms with Crippen molar-refractivity contribution >= 4 is 0 Å². The zero-order chi connectivity index (χ0) is 13.6. The summed E-state index contributed by atoms with van der Waals surface area (Å²) in [6, 6.07) is 1.19. The number of nitrogens with one attached hydrogen (secondary N) is 1. The molecule has 1 N–H and O–H groups in total. The van der Waals surface area contributed by atoms with Crippen LogP contribution in [-0.4, -0.2) is 49.3 Å². The highest BCUT2D eigenvalue weighted by Gasteiger charge is 2.38. The van der Waals surface area contributed by atoms with Gasteiger partial charge in [-0.3, -0.25) is 4.90 Å². The van der Waals surface area contributed by atoms with Crippen molar-refractivity contribution in [3.8, 4) is 0 Å². The van der Waals surface area contributed by atoms with Gasteiger partial charge in [-0.1, -0.05) is 27.2 Å². The molecule has 1 aliphatic heterocycles. The predicted octanol–water partition coefficient (Wildman–Crippen LogP) is 2.65. The van der Waals surface area contributed by atoms with Crippen molar-refractivity contribution < 1.29 is 4.74 Å². The van der Waals surface area contributed by atoms with Gasteiger partial charge in [-0.2, -0.15) is 0 Å². The van der Waals surface area contributed by atoms with Gasteiger partial charge in [0.15, 0.2) is 0 Å². The minimum atomic E-state index is 0.312.